The van der Waals surface area contributed by atoms with Crippen molar-refractivity contribution in [2.45, 2.75) is 44.9 Å². The molecule has 0 aliphatic carbocycles. The summed E-state index contributed by atoms with van der Waals surface area (Å²) < 4.78 is 11.1. The molecule has 3 rings (SSSR count). The molecule has 4 nitrogen and oxygen atoms in total. The number of amides is 1. The summed E-state index contributed by atoms with van der Waals surface area (Å²) in [6.07, 6.45) is 2.27. The number of carbonyl (C=O) groups excluding carboxylic acids is 1. The lowest BCUT2D eigenvalue weighted by Crippen LogP contribution is -2.49. The number of hydrogen-bond acceptors (Lipinski definition) is 3. The van der Waals surface area contributed by atoms with E-state index in [0.717, 1.165) is 24.2 Å². The van der Waals surface area contributed by atoms with Gasteiger partial charge in [-0.2, -0.15) is 0 Å². The van der Waals surface area contributed by atoms with Gasteiger partial charge in [-0.1, -0.05) is 0 Å². The van der Waals surface area contributed by atoms with E-state index in [9.17, 15) is 4.79 Å². The van der Waals surface area contributed by atoms with Crippen LogP contribution in [0, 0.1) is 0 Å². The Balaban J connectivity index is 1.74. The Labute approximate surface area is 119 Å². The number of ether oxygens (including phenoxy) is 2. The predicted molar refractivity (Wildman–Crippen MR) is 76.0 cm³/mol. The molecule has 2 heterocycles. The molecule has 2 aliphatic rings. The van der Waals surface area contributed by atoms with Crippen LogP contribution in [0.4, 0.5) is 0 Å². The Morgan fingerprint density at radius 2 is 1.80 bits per heavy atom. The van der Waals surface area contributed by atoms with E-state index in [4.69, 9.17) is 9.47 Å². The summed E-state index contributed by atoms with van der Waals surface area (Å²) in [6, 6.07) is 7.97. The second-order valence-electron chi connectivity index (χ2n) is 5.83. The SMILES string of the molecule is CC(C)Oc1ccc(C(=O)N2[C@H]3CC[C@H]2COC3)cc1. The van der Waals surface area contributed by atoms with Crippen LogP contribution in [0.5, 0.6) is 5.75 Å². The number of fused-ring (bicyclic) bond motifs is 2. The summed E-state index contributed by atoms with van der Waals surface area (Å²) in [7, 11) is 0. The van der Waals surface area contributed by atoms with E-state index in [1.165, 1.54) is 0 Å². The third-order valence-electron chi connectivity index (χ3n) is 3.95. The Morgan fingerprint density at radius 1 is 1.20 bits per heavy atom. The van der Waals surface area contributed by atoms with Crippen LogP contribution in [0.3, 0.4) is 0 Å². The molecule has 0 saturated carbocycles. The van der Waals surface area contributed by atoms with Gasteiger partial charge in [-0.3, -0.25) is 4.79 Å². The van der Waals surface area contributed by atoms with Gasteiger partial charge in [0.25, 0.3) is 5.91 Å². The minimum atomic E-state index is 0.122. The van der Waals surface area contributed by atoms with Crippen LogP contribution >= 0.6 is 0 Å². The van der Waals surface area contributed by atoms with Gasteiger partial charge in [-0.05, 0) is 51.0 Å². The molecule has 1 aromatic carbocycles. The van der Waals surface area contributed by atoms with E-state index < -0.39 is 0 Å². The van der Waals surface area contributed by atoms with E-state index in [-0.39, 0.29) is 24.1 Å². The molecule has 0 aromatic heterocycles. The minimum Gasteiger partial charge on any atom is -0.491 e. The Bertz CT molecular complexity index is 467. The third-order valence-corrected chi connectivity index (χ3v) is 3.95. The van der Waals surface area contributed by atoms with E-state index >= 15 is 0 Å². The molecular weight excluding hydrogens is 254 g/mol. The summed E-state index contributed by atoms with van der Waals surface area (Å²) in [5.41, 5.74) is 0.736. The maximum Gasteiger partial charge on any atom is 0.254 e. The minimum absolute atomic E-state index is 0.122. The van der Waals surface area contributed by atoms with Gasteiger partial charge in [0, 0.05) is 5.56 Å². The normalized spacial score (nSPS) is 25.1. The van der Waals surface area contributed by atoms with Gasteiger partial charge >= 0.3 is 0 Å². The Kier molecular flexibility index (Phi) is 3.66. The van der Waals surface area contributed by atoms with Crippen LogP contribution in [0.1, 0.15) is 37.0 Å². The molecule has 0 radical (unpaired) electrons. The van der Waals surface area contributed by atoms with Gasteiger partial charge in [0.2, 0.25) is 0 Å². The van der Waals surface area contributed by atoms with E-state index in [2.05, 4.69) is 0 Å². The van der Waals surface area contributed by atoms with Crippen LogP contribution in [0.2, 0.25) is 0 Å². The first-order chi connectivity index (χ1) is 9.65. The van der Waals surface area contributed by atoms with Gasteiger partial charge in [0.1, 0.15) is 5.75 Å². The molecule has 2 aliphatic heterocycles. The lowest BCUT2D eigenvalue weighted by Gasteiger charge is -2.34. The summed E-state index contributed by atoms with van der Waals surface area (Å²) >= 11 is 0. The molecule has 2 fully saturated rings. The highest BCUT2D eigenvalue weighted by Gasteiger charge is 2.40. The first-order valence-electron chi connectivity index (χ1n) is 7.32. The van der Waals surface area contributed by atoms with Crippen molar-refractivity contribution in [2.75, 3.05) is 13.2 Å². The van der Waals surface area contributed by atoms with E-state index in [1.807, 2.05) is 43.0 Å². The zero-order valence-corrected chi connectivity index (χ0v) is 12.0. The maximum absolute atomic E-state index is 12.6. The Morgan fingerprint density at radius 3 is 2.35 bits per heavy atom. The zero-order valence-electron chi connectivity index (χ0n) is 12.0. The van der Waals surface area contributed by atoms with Crippen LogP contribution in [0.25, 0.3) is 0 Å². The monoisotopic (exact) mass is 275 g/mol. The van der Waals surface area contributed by atoms with Gasteiger partial charge in [-0.15, -0.1) is 0 Å². The fourth-order valence-electron chi connectivity index (χ4n) is 3.06. The first kappa shape index (κ1) is 13.4. The van der Waals surface area contributed by atoms with Gasteiger partial charge in [0.05, 0.1) is 31.4 Å². The summed E-state index contributed by atoms with van der Waals surface area (Å²) in [5, 5.41) is 0. The summed E-state index contributed by atoms with van der Waals surface area (Å²) in [6.45, 7) is 5.34. The van der Waals surface area contributed by atoms with Crippen molar-refractivity contribution in [2.24, 2.45) is 0 Å². The second kappa shape index (κ2) is 5.44. The highest BCUT2D eigenvalue weighted by atomic mass is 16.5. The van der Waals surface area contributed by atoms with Crippen molar-refractivity contribution in [1.29, 1.82) is 0 Å². The molecule has 1 aromatic rings. The number of nitrogens with zero attached hydrogens (tertiary/aromatic N) is 1. The molecular formula is C16H21NO3. The second-order valence-corrected chi connectivity index (χ2v) is 5.83. The average Bonchev–Trinajstić information content (AvgIpc) is 2.67. The quantitative estimate of drug-likeness (QED) is 0.850. The molecule has 20 heavy (non-hydrogen) atoms. The molecule has 2 saturated heterocycles. The predicted octanol–water partition coefficient (Wildman–Crippen LogP) is 2.48. The van der Waals surface area contributed by atoms with Crippen LogP contribution in [0.15, 0.2) is 24.3 Å². The molecule has 4 heteroatoms. The molecule has 0 N–H and O–H groups in total. The molecule has 2 atom stereocenters. The lowest BCUT2D eigenvalue weighted by molar-refractivity contribution is -0.00715. The highest BCUT2D eigenvalue weighted by Crippen LogP contribution is 2.30. The fourth-order valence-corrected chi connectivity index (χ4v) is 3.06. The molecule has 108 valence electrons. The summed E-state index contributed by atoms with van der Waals surface area (Å²) in [5.74, 6) is 0.929. The largest absolute Gasteiger partial charge is 0.491 e. The number of carbonyl (C=O) groups is 1. The van der Waals surface area contributed by atoms with Gasteiger partial charge in [-0.25, -0.2) is 0 Å². The topological polar surface area (TPSA) is 38.8 Å². The third kappa shape index (κ3) is 2.52. The maximum atomic E-state index is 12.6. The van der Waals surface area contributed by atoms with Crippen molar-refractivity contribution in [3.8, 4) is 5.75 Å². The van der Waals surface area contributed by atoms with Crippen LogP contribution < -0.4 is 4.74 Å². The lowest BCUT2D eigenvalue weighted by atomic mass is 10.1. The number of morpholine rings is 1. The molecule has 1 amide bonds. The van der Waals surface area contributed by atoms with Gasteiger partial charge in [0.15, 0.2) is 0 Å². The zero-order chi connectivity index (χ0) is 14.1. The smallest absolute Gasteiger partial charge is 0.254 e. The number of rotatable bonds is 3. The first-order valence-corrected chi connectivity index (χ1v) is 7.32. The standard InChI is InChI=1S/C16H21NO3/c1-11(2)20-15-7-3-12(4-8-15)16(18)17-13-5-6-14(17)10-19-9-13/h3-4,7-8,11,13-14H,5-6,9-10H2,1-2H3/t13-,14-/m0/s1. The van der Waals surface area contributed by atoms with Crippen molar-refractivity contribution in [3.05, 3.63) is 29.8 Å². The highest BCUT2D eigenvalue weighted by molar-refractivity contribution is 5.95. The average molecular weight is 275 g/mol. The fraction of sp³-hybridized carbons (Fsp3) is 0.562. The summed E-state index contributed by atoms with van der Waals surface area (Å²) in [4.78, 5) is 14.6. The molecule has 0 unspecified atom stereocenters. The van der Waals surface area contributed by atoms with Crippen molar-refractivity contribution >= 4 is 5.91 Å². The van der Waals surface area contributed by atoms with Crippen molar-refractivity contribution in [1.82, 2.24) is 4.90 Å². The number of hydrogen-bond donors (Lipinski definition) is 0. The Hall–Kier alpha value is -1.55. The van der Waals surface area contributed by atoms with Crippen molar-refractivity contribution < 1.29 is 14.3 Å². The molecule has 0 spiro atoms. The molecule has 2 bridgehead atoms. The van der Waals surface area contributed by atoms with E-state index in [1.54, 1.807) is 0 Å². The van der Waals surface area contributed by atoms with Crippen LogP contribution in [-0.4, -0.2) is 42.2 Å². The van der Waals surface area contributed by atoms with E-state index in [0.29, 0.717) is 13.2 Å². The van der Waals surface area contributed by atoms with Crippen LogP contribution in [-0.2, 0) is 4.74 Å². The van der Waals surface area contributed by atoms with Crippen molar-refractivity contribution in [3.63, 3.8) is 0 Å². The number of benzene rings is 1. The van der Waals surface area contributed by atoms with Gasteiger partial charge < -0.3 is 14.4 Å².